The van der Waals surface area contributed by atoms with Crippen LogP contribution in [0.2, 0.25) is 0 Å². The van der Waals surface area contributed by atoms with Crippen LogP contribution in [0, 0.1) is 0 Å². The number of pyridine rings is 1. The number of hydrogen-bond donors (Lipinski definition) is 1. The van der Waals surface area contributed by atoms with Crippen molar-refractivity contribution in [3.8, 4) is 11.5 Å². The molecule has 1 aliphatic heterocycles. The van der Waals surface area contributed by atoms with Crippen LogP contribution in [-0.4, -0.2) is 48.8 Å². The molecule has 0 aliphatic carbocycles. The van der Waals surface area contributed by atoms with E-state index in [4.69, 9.17) is 9.47 Å². The van der Waals surface area contributed by atoms with E-state index >= 15 is 0 Å². The Hall–Kier alpha value is -2.11. The Morgan fingerprint density at radius 1 is 1.12 bits per heavy atom. The fraction of sp³-hybridized carbons (Fsp3) is 0.450. The SMILES string of the molecule is COc1ccc(CCN2CCC(O)(c3cccnc3)CC2)cc1OC. The average molecular weight is 342 g/mol. The van der Waals surface area contributed by atoms with Crippen LogP contribution in [0.3, 0.4) is 0 Å². The summed E-state index contributed by atoms with van der Waals surface area (Å²) in [6.07, 6.45) is 5.95. The highest BCUT2D eigenvalue weighted by Crippen LogP contribution is 2.32. The lowest BCUT2D eigenvalue weighted by Gasteiger charge is -2.38. The van der Waals surface area contributed by atoms with Gasteiger partial charge >= 0.3 is 0 Å². The molecule has 2 aromatic rings. The third-order valence-corrected chi connectivity index (χ3v) is 5.05. The molecule has 5 heteroatoms. The summed E-state index contributed by atoms with van der Waals surface area (Å²) < 4.78 is 10.6. The summed E-state index contributed by atoms with van der Waals surface area (Å²) in [7, 11) is 3.31. The number of nitrogens with zero attached hydrogens (tertiary/aromatic N) is 2. The molecule has 0 unspecified atom stereocenters. The van der Waals surface area contributed by atoms with Gasteiger partial charge in [0.05, 0.1) is 19.8 Å². The molecule has 1 fully saturated rings. The summed E-state index contributed by atoms with van der Waals surface area (Å²) in [5.74, 6) is 1.52. The quantitative estimate of drug-likeness (QED) is 0.875. The largest absolute Gasteiger partial charge is 0.493 e. The Morgan fingerprint density at radius 2 is 1.88 bits per heavy atom. The van der Waals surface area contributed by atoms with E-state index in [1.807, 2.05) is 24.3 Å². The number of aliphatic hydroxyl groups is 1. The number of likely N-dealkylation sites (tertiary alicyclic amines) is 1. The molecule has 1 saturated heterocycles. The fourth-order valence-electron chi connectivity index (χ4n) is 3.40. The van der Waals surface area contributed by atoms with Gasteiger partial charge in [0.25, 0.3) is 0 Å². The average Bonchev–Trinajstić information content (AvgIpc) is 2.68. The molecule has 0 spiro atoms. The van der Waals surface area contributed by atoms with E-state index in [1.54, 1.807) is 26.6 Å². The van der Waals surface area contributed by atoms with E-state index in [-0.39, 0.29) is 0 Å². The second-order valence-corrected chi connectivity index (χ2v) is 6.55. The molecule has 1 N–H and O–H groups in total. The van der Waals surface area contributed by atoms with Crippen molar-refractivity contribution >= 4 is 0 Å². The van der Waals surface area contributed by atoms with E-state index in [0.717, 1.165) is 56.0 Å². The predicted octanol–water partition coefficient (Wildman–Crippen LogP) is 2.62. The van der Waals surface area contributed by atoms with E-state index in [0.29, 0.717) is 0 Å². The van der Waals surface area contributed by atoms with E-state index in [2.05, 4.69) is 16.0 Å². The van der Waals surface area contributed by atoms with Crippen molar-refractivity contribution in [2.75, 3.05) is 33.9 Å². The van der Waals surface area contributed by atoms with Gasteiger partial charge in [0.1, 0.15) is 0 Å². The van der Waals surface area contributed by atoms with E-state index in [1.165, 1.54) is 5.56 Å². The molecule has 134 valence electrons. The first-order chi connectivity index (χ1) is 12.1. The second-order valence-electron chi connectivity index (χ2n) is 6.55. The molecule has 5 nitrogen and oxygen atoms in total. The molecule has 0 amide bonds. The highest BCUT2D eigenvalue weighted by Gasteiger charge is 2.33. The van der Waals surface area contributed by atoms with Crippen molar-refractivity contribution in [2.45, 2.75) is 24.9 Å². The molecule has 1 aliphatic rings. The summed E-state index contributed by atoms with van der Waals surface area (Å²) in [6.45, 7) is 2.75. The van der Waals surface area contributed by atoms with Crippen LogP contribution in [0.5, 0.6) is 11.5 Å². The number of aromatic nitrogens is 1. The number of methoxy groups -OCH3 is 2. The van der Waals surface area contributed by atoms with Crippen LogP contribution in [0.25, 0.3) is 0 Å². The molecule has 3 rings (SSSR count). The molecule has 1 aromatic heterocycles. The van der Waals surface area contributed by atoms with Gasteiger partial charge < -0.3 is 19.5 Å². The van der Waals surface area contributed by atoms with E-state index in [9.17, 15) is 5.11 Å². The Bertz CT molecular complexity index is 683. The fourth-order valence-corrected chi connectivity index (χ4v) is 3.40. The Kier molecular flexibility index (Phi) is 5.56. The zero-order chi connectivity index (χ0) is 17.7. The van der Waals surface area contributed by atoms with Gasteiger partial charge in [-0.15, -0.1) is 0 Å². The van der Waals surface area contributed by atoms with Crippen LogP contribution < -0.4 is 9.47 Å². The molecule has 0 saturated carbocycles. The molecule has 0 radical (unpaired) electrons. The third-order valence-electron chi connectivity index (χ3n) is 5.05. The minimum Gasteiger partial charge on any atom is -0.493 e. The lowest BCUT2D eigenvalue weighted by molar-refractivity contribution is -0.0258. The standard InChI is InChI=1S/C20H26N2O3/c1-24-18-6-5-16(14-19(18)25-2)7-11-22-12-8-20(23,9-13-22)17-4-3-10-21-15-17/h3-6,10,14-15,23H,7-9,11-13H2,1-2H3. The molecule has 2 heterocycles. The Balaban J connectivity index is 1.54. The van der Waals surface area contributed by atoms with Crippen LogP contribution in [-0.2, 0) is 12.0 Å². The zero-order valence-electron chi connectivity index (χ0n) is 14.9. The maximum Gasteiger partial charge on any atom is 0.160 e. The van der Waals surface area contributed by atoms with Crippen LogP contribution in [0.15, 0.2) is 42.7 Å². The Labute approximate surface area is 149 Å². The molecular formula is C20H26N2O3. The van der Waals surface area contributed by atoms with Crippen molar-refractivity contribution in [2.24, 2.45) is 0 Å². The van der Waals surface area contributed by atoms with Gasteiger partial charge in [0.2, 0.25) is 0 Å². The first-order valence-corrected chi connectivity index (χ1v) is 8.71. The van der Waals surface area contributed by atoms with Gasteiger partial charge in [-0.2, -0.15) is 0 Å². The van der Waals surface area contributed by atoms with Crippen molar-refractivity contribution in [1.82, 2.24) is 9.88 Å². The minimum absolute atomic E-state index is 0.741. The van der Waals surface area contributed by atoms with Crippen molar-refractivity contribution in [3.63, 3.8) is 0 Å². The van der Waals surface area contributed by atoms with Gasteiger partial charge in [-0.05, 0) is 43.0 Å². The Morgan fingerprint density at radius 3 is 2.52 bits per heavy atom. The summed E-state index contributed by atoms with van der Waals surface area (Å²) >= 11 is 0. The summed E-state index contributed by atoms with van der Waals surface area (Å²) in [4.78, 5) is 6.54. The summed E-state index contributed by atoms with van der Waals surface area (Å²) in [5.41, 5.74) is 1.41. The normalized spacial score (nSPS) is 17.2. The monoisotopic (exact) mass is 342 g/mol. The van der Waals surface area contributed by atoms with E-state index < -0.39 is 5.60 Å². The van der Waals surface area contributed by atoms with Crippen LogP contribution >= 0.6 is 0 Å². The maximum absolute atomic E-state index is 10.9. The number of benzene rings is 1. The van der Waals surface area contributed by atoms with Crippen molar-refractivity contribution < 1.29 is 14.6 Å². The molecule has 0 bridgehead atoms. The van der Waals surface area contributed by atoms with Gasteiger partial charge in [-0.3, -0.25) is 4.98 Å². The first kappa shape index (κ1) is 17.7. The van der Waals surface area contributed by atoms with Gasteiger partial charge in [0, 0.05) is 37.6 Å². The van der Waals surface area contributed by atoms with Crippen molar-refractivity contribution in [3.05, 3.63) is 53.9 Å². The molecular weight excluding hydrogens is 316 g/mol. The van der Waals surface area contributed by atoms with Crippen LogP contribution in [0.4, 0.5) is 0 Å². The first-order valence-electron chi connectivity index (χ1n) is 8.71. The topological polar surface area (TPSA) is 54.8 Å². The highest BCUT2D eigenvalue weighted by molar-refractivity contribution is 5.42. The maximum atomic E-state index is 10.9. The summed E-state index contributed by atoms with van der Waals surface area (Å²) in [6, 6.07) is 9.92. The van der Waals surface area contributed by atoms with Gasteiger partial charge in [-0.25, -0.2) is 0 Å². The lowest BCUT2D eigenvalue weighted by Crippen LogP contribution is -2.43. The molecule has 1 aromatic carbocycles. The lowest BCUT2D eigenvalue weighted by atomic mass is 9.85. The predicted molar refractivity (Wildman–Crippen MR) is 97.1 cm³/mol. The van der Waals surface area contributed by atoms with Crippen molar-refractivity contribution in [1.29, 1.82) is 0 Å². The third kappa shape index (κ3) is 4.11. The number of piperidine rings is 1. The number of ether oxygens (including phenoxy) is 2. The number of hydrogen-bond acceptors (Lipinski definition) is 5. The zero-order valence-corrected chi connectivity index (χ0v) is 14.9. The van der Waals surface area contributed by atoms with Gasteiger partial charge in [-0.1, -0.05) is 12.1 Å². The van der Waals surface area contributed by atoms with Gasteiger partial charge in [0.15, 0.2) is 11.5 Å². The second kappa shape index (κ2) is 7.85. The molecule has 25 heavy (non-hydrogen) atoms. The van der Waals surface area contributed by atoms with Crippen LogP contribution in [0.1, 0.15) is 24.0 Å². The highest BCUT2D eigenvalue weighted by atomic mass is 16.5. The summed E-state index contributed by atoms with van der Waals surface area (Å²) in [5, 5.41) is 10.9. The number of rotatable bonds is 6. The minimum atomic E-state index is -0.742. The smallest absolute Gasteiger partial charge is 0.160 e. The molecule has 0 atom stereocenters.